The molecule has 0 bridgehead atoms. The van der Waals surface area contributed by atoms with Gasteiger partial charge >= 0.3 is 0 Å². The Labute approximate surface area is 341 Å². The van der Waals surface area contributed by atoms with Crippen LogP contribution in [0.2, 0.25) is 0 Å². The van der Waals surface area contributed by atoms with Crippen LogP contribution >= 0.6 is 0 Å². The molecule has 0 aliphatic rings. The van der Waals surface area contributed by atoms with E-state index in [0.717, 1.165) is 44.6 Å². The quantitative estimate of drug-likeness (QED) is 0.169. The van der Waals surface area contributed by atoms with Crippen LogP contribution in [0, 0.1) is 0 Å². The standard InChI is InChI=1S/C56H36N2O/c1-2-13-41(14-3-1)54-49-19-8-9-35-57(49)50-34-29-40-23-24-42(36-48(40)56(50)54)37-25-30-43(31-26-37)58(51-20-11-22-53-55(51)47-17-6-7-21-52(47)59-53)44-32-27-39(28-33-44)46-18-10-15-38-12-4-5-16-45(38)46/h1-36H. The van der Waals surface area contributed by atoms with E-state index in [-0.39, 0.29) is 0 Å². The van der Waals surface area contributed by atoms with E-state index < -0.39 is 0 Å². The number of aromatic nitrogens is 1. The predicted molar refractivity (Wildman–Crippen MR) is 248 cm³/mol. The van der Waals surface area contributed by atoms with Crippen molar-refractivity contribution in [3.63, 3.8) is 0 Å². The van der Waals surface area contributed by atoms with E-state index in [1.807, 2.05) is 12.1 Å². The van der Waals surface area contributed by atoms with Gasteiger partial charge in [-0.1, -0.05) is 146 Å². The summed E-state index contributed by atoms with van der Waals surface area (Å²) < 4.78 is 8.73. The summed E-state index contributed by atoms with van der Waals surface area (Å²) in [5.41, 5.74) is 14.6. The largest absolute Gasteiger partial charge is 0.456 e. The molecule has 0 radical (unpaired) electrons. The summed E-state index contributed by atoms with van der Waals surface area (Å²) in [7, 11) is 0. The molecule has 276 valence electrons. The number of benzene rings is 9. The van der Waals surface area contributed by atoms with Crippen molar-refractivity contribution in [1.29, 1.82) is 0 Å². The molecule has 12 aromatic rings. The molecule has 0 N–H and O–H groups in total. The molecule has 0 amide bonds. The van der Waals surface area contributed by atoms with Crippen molar-refractivity contribution in [3.8, 4) is 33.4 Å². The third kappa shape index (κ3) is 5.36. The van der Waals surface area contributed by atoms with E-state index in [9.17, 15) is 0 Å². The molecule has 0 fully saturated rings. The summed E-state index contributed by atoms with van der Waals surface area (Å²) in [5, 5.41) is 8.44. The Bertz CT molecular complexity index is 3540. The normalized spacial score (nSPS) is 11.7. The first-order valence-corrected chi connectivity index (χ1v) is 20.2. The number of anilines is 3. The number of pyridine rings is 1. The van der Waals surface area contributed by atoms with Crippen LogP contribution in [0.1, 0.15) is 0 Å². The van der Waals surface area contributed by atoms with Crippen LogP contribution in [0.4, 0.5) is 17.1 Å². The molecular weight excluding hydrogens is 717 g/mol. The summed E-state index contributed by atoms with van der Waals surface area (Å²) in [6.45, 7) is 0. The third-order valence-electron chi connectivity index (χ3n) is 12.0. The Morgan fingerprint density at radius 3 is 1.86 bits per heavy atom. The summed E-state index contributed by atoms with van der Waals surface area (Å²) in [5.74, 6) is 0. The number of furan rings is 1. The fourth-order valence-electron chi connectivity index (χ4n) is 9.27. The molecule has 59 heavy (non-hydrogen) atoms. The lowest BCUT2D eigenvalue weighted by molar-refractivity contribution is 0.669. The minimum absolute atomic E-state index is 0.869. The summed E-state index contributed by atoms with van der Waals surface area (Å²) in [6, 6.07) is 76.5. The minimum Gasteiger partial charge on any atom is -0.456 e. The molecule has 0 saturated heterocycles. The summed E-state index contributed by atoms with van der Waals surface area (Å²) >= 11 is 0. The van der Waals surface area contributed by atoms with Gasteiger partial charge in [0.05, 0.1) is 22.1 Å². The highest BCUT2D eigenvalue weighted by molar-refractivity contribution is 6.19. The SMILES string of the molecule is c1ccc(-c2c3c4cc(-c5ccc(N(c6ccc(-c7cccc8ccccc78)cc6)c6cccc7oc8ccccc8c67)cc5)ccc4ccc3n3ccccc23)cc1. The van der Waals surface area contributed by atoms with E-state index >= 15 is 0 Å². The van der Waals surface area contributed by atoms with Crippen LogP contribution in [0.3, 0.4) is 0 Å². The van der Waals surface area contributed by atoms with E-state index in [2.05, 4.69) is 216 Å². The van der Waals surface area contributed by atoms with Crippen LogP contribution in [0.5, 0.6) is 0 Å². The van der Waals surface area contributed by atoms with E-state index in [0.29, 0.717) is 0 Å². The zero-order valence-corrected chi connectivity index (χ0v) is 32.1. The molecule has 12 rings (SSSR count). The van der Waals surface area contributed by atoms with Gasteiger partial charge in [0.2, 0.25) is 0 Å². The molecule has 0 saturated carbocycles. The monoisotopic (exact) mass is 752 g/mol. The number of nitrogens with zero attached hydrogens (tertiary/aromatic N) is 2. The molecule has 0 spiro atoms. The number of rotatable bonds is 6. The van der Waals surface area contributed by atoms with Gasteiger partial charge in [0, 0.05) is 33.9 Å². The Morgan fingerprint density at radius 2 is 1.02 bits per heavy atom. The zero-order chi connectivity index (χ0) is 38.9. The lowest BCUT2D eigenvalue weighted by Gasteiger charge is -2.26. The van der Waals surface area contributed by atoms with Crippen molar-refractivity contribution in [1.82, 2.24) is 4.40 Å². The lowest BCUT2D eigenvalue weighted by atomic mass is 9.95. The van der Waals surface area contributed by atoms with Crippen molar-refractivity contribution < 1.29 is 4.42 Å². The van der Waals surface area contributed by atoms with Crippen LogP contribution in [-0.2, 0) is 0 Å². The van der Waals surface area contributed by atoms with Crippen molar-refractivity contribution in [3.05, 3.63) is 219 Å². The van der Waals surface area contributed by atoms with Gasteiger partial charge in [0.25, 0.3) is 0 Å². The molecule has 0 aliphatic heterocycles. The molecule has 9 aromatic carbocycles. The molecule has 0 aliphatic carbocycles. The lowest BCUT2D eigenvalue weighted by Crippen LogP contribution is -2.10. The van der Waals surface area contributed by atoms with E-state index in [1.54, 1.807) is 0 Å². The maximum absolute atomic E-state index is 6.40. The Kier molecular flexibility index (Phi) is 7.54. The van der Waals surface area contributed by atoms with Crippen molar-refractivity contribution in [2.24, 2.45) is 0 Å². The Morgan fingerprint density at radius 1 is 0.373 bits per heavy atom. The molecular formula is C56H36N2O. The second kappa shape index (κ2) is 13.4. The van der Waals surface area contributed by atoms with Crippen LogP contribution < -0.4 is 4.90 Å². The van der Waals surface area contributed by atoms with Crippen LogP contribution in [-0.4, -0.2) is 4.40 Å². The maximum atomic E-state index is 6.40. The van der Waals surface area contributed by atoms with Crippen molar-refractivity contribution >= 4 is 77.0 Å². The Hall–Kier alpha value is -7.88. The van der Waals surface area contributed by atoms with Crippen molar-refractivity contribution in [2.75, 3.05) is 4.90 Å². The zero-order valence-electron chi connectivity index (χ0n) is 32.1. The van der Waals surface area contributed by atoms with Gasteiger partial charge in [0.1, 0.15) is 11.2 Å². The first kappa shape index (κ1) is 33.3. The maximum Gasteiger partial charge on any atom is 0.137 e. The first-order chi connectivity index (χ1) is 29.3. The molecule has 3 heteroatoms. The van der Waals surface area contributed by atoms with Gasteiger partial charge in [-0.3, -0.25) is 0 Å². The highest BCUT2D eigenvalue weighted by atomic mass is 16.3. The second-order valence-corrected chi connectivity index (χ2v) is 15.3. The molecule has 0 atom stereocenters. The van der Waals surface area contributed by atoms with Gasteiger partial charge in [-0.2, -0.15) is 0 Å². The van der Waals surface area contributed by atoms with Crippen LogP contribution in [0.15, 0.2) is 223 Å². The molecule has 0 unspecified atom stereocenters. The van der Waals surface area contributed by atoms with Gasteiger partial charge < -0.3 is 13.7 Å². The second-order valence-electron chi connectivity index (χ2n) is 15.3. The summed E-state index contributed by atoms with van der Waals surface area (Å²) in [6.07, 6.45) is 2.17. The van der Waals surface area contributed by atoms with Crippen LogP contribution in [0.25, 0.3) is 93.3 Å². The summed E-state index contributed by atoms with van der Waals surface area (Å²) in [4.78, 5) is 2.36. The topological polar surface area (TPSA) is 20.8 Å². The van der Waals surface area contributed by atoms with E-state index in [1.165, 1.54) is 65.8 Å². The fraction of sp³-hybridized carbons (Fsp3) is 0. The average Bonchev–Trinajstić information content (AvgIpc) is 3.86. The number of hydrogen-bond acceptors (Lipinski definition) is 2. The first-order valence-electron chi connectivity index (χ1n) is 20.2. The number of hydrogen-bond donors (Lipinski definition) is 0. The van der Waals surface area contributed by atoms with Gasteiger partial charge in [-0.15, -0.1) is 0 Å². The van der Waals surface area contributed by atoms with Gasteiger partial charge in [0.15, 0.2) is 0 Å². The highest BCUT2D eigenvalue weighted by Crippen LogP contribution is 2.45. The third-order valence-corrected chi connectivity index (χ3v) is 12.0. The smallest absolute Gasteiger partial charge is 0.137 e. The average molecular weight is 753 g/mol. The Balaban J connectivity index is 1.00. The number of fused-ring (bicyclic) bond motifs is 9. The highest BCUT2D eigenvalue weighted by Gasteiger charge is 2.21. The van der Waals surface area contributed by atoms with Gasteiger partial charge in [-0.25, -0.2) is 0 Å². The van der Waals surface area contributed by atoms with Gasteiger partial charge in [-0.05, 0) is 116 Å². The molecule has 3 nitrogen and oxygen atoms in total. The van der Waals surface area contributed by atoms with E-state index in [4.69, 9.17) is 4.42 Å². The fourth-order valence-corrected chi connectivity index (χ4v) is 9.27. The minimum atomic E-state index is 0.869. The predicted octanol–water partition coefficient (Wildman–Crippen LogP) is 15.8. The molecule has 3 heterocycles. The molecule has 3 aromatic heterocycles. The number of para-hydroxylation sites is 1. The van der Waals surface area contributed by atoms with Crippen molar-refractivity contribution in [2.45, 2.75) is 0 Å².